The van der Waals surface area contributed by atoms with Crippen LogP contribution in [0.5, 0.6) is 5.88 Å². The van der Waals surface area contributed by atoms with Crippen molar-refractivity contribution in [3.63, 3.8) is 0 Å². The number of unbranched alkanes of at least 4 members (excludes halogenated alkanes) is 1. The maximum Gasteiger partial charge on any atom is 0.410 e. The number of nitrogens with zero attached hydrogens (tertiary/aromatic N) is 5. The molecule has 4 aromatic heterocycles. The van der Waals surface area contributed by atoms with Gasteiger partial charge < -0.3 is 34.1 Å². The van der Waals surface area contributed by atoms with Crippen LogP contribution in [0.25, 0.3) is 28.1 Å². The molecule has 0 aromatic carbocycles. The van der Waals surface area contributed by atoms with Crippen LogP contribution in [0.15, 0.2) is 30.3 Å². The molecule has 0 bridgehead atoms. The number of carbonyl (C=O) groups is 3. The Morgan fingerprint density at radius 3 is 2.30 bits per heavy atom. The first-order valence-corrected chi connectivity index (χ1v) is 15.6. The van der Waals surface area contributed by atoms with Gasteiger partial charge in [-0.25, -0.2) is 24.4 Å². The van der Waals surface area contributed by atoms with Gasteiger partial charge in [0.05, 0.1) is 35.8 Å². The van der Waals surface area contributed by atoms with Crippen LogP contribution in [0, 0.1) is 6.92 Å². The minimum Gasteiger partial charge on any atom is -0.482 e. The molecule has 0 aliphatic heterocycles. The summed E-state index contributed by atoms with van der Waals surface area (Å²) in [6, 6.07) is 8.38. The number of methoxy groups -OCH3 is 1. The van der Waals surface area contributed by atoms with Crippen LogP contribution in [-0.2, 0) is 16.0 Å². The quantitative estimate of drug-likeness (QED) is 0.181. The summed E-state index contributed by atoms with van der Waals surface area (Å²) in [7, 11) is 3.21. The van der Waals surface area contributed by atoms with E-state index in [4.69, 9.17) is 24.2 Å². The number of hydrogen-bond donors (Lipinski definition) is 2. The van der Waals surface area contributed by atoms with E-state index in [9.17, 15) is 19.5 Å². The molecule has 0 saturated carbocycles. The monoisotopic (exact) mass is 650 g/mol. The van der Waals surface area contributed by atoms with E-state index in [-0.39, 0.29) is 11.7 Å². The number of aromatic carboxylic acids is 1. The summed E-state index contributed by atoms with van der Waals surface area (Å²) < 4.78 is 20.3. The molecule has 13 heteroatoms. The molecule has 0 fully saturated rings. The Morgan fingerprint density at radius 2 is 1.68 bits per heavy atom. The third kappa shape index (κ3) is 8.32. The van der Waals surface area contributed by atoms with Crippen LogP contribution in [0.2, 0.25) is 0 Å². The van der Waals surface area contributed by atoms with Gasteiger partial charge in [0.1, 0.15) is 28.2 Å². The second-order valence-electron chi connectivity index (χ2n) is 13.6. The number of imidazole rings is 1. The summed E-state index contributed by atoms with van der Waals surface area (Å²) in [5.41, 5.74) is 2.85. The number of alkyl carbamates (subject to hydrolysis) is 1. The molecule has 1 atom stereocenters. The van der Waals surface area contributed by atoms with E-state index in [1.54, 1.807) is 37.1 Å². The van der Waals surface area contributed by atoms with Gasteiger partial charge in [0.25, 0.3) is 0 Å². The number of aryl methyl sites for hydroxylation is 2. The number of aromatic nitrogens is 4. The number of carbonyl (C=O) groups excluding carboxylic acids is 2. The van der Waals surface area contributed by atoms with Crippen molar-refractivity contribution in [2.75, 3.05) is 20.7 Å². The number of fused-ring (bicyclic) bond motifs is 2. The molecule has 13 nitrogen and oxygen atoms in total. The molecule has 254 valence electrons. The molecular formula is C34H46N6O7. The number of ether oxygens (including phenoxy) is 3. The minimum absolute atomic E-state index is 0.0679. The Kier molecular flexibility index (Phi) is 10.1. The van der Waals surface area contributed by atoms with Crippen molar-refractivity contribution in [2.24, 2.45) is 0 Å². The fourth-order valence-corrected chi connectivity index (χ4v) is 5.21. The second-order valence-corrected chi connectivity index (χ2v) is 13.6. The predicted octanol–water partition coefficient (Wildman–Crippen LogP) is 6.60. The normalized spacial score (nSPS) is 12.6. The van der Waals surface area contributed by atoms with Crippen molar-refractivity contribution < 1.29 is 33.7 Å². The van der Waals surface area contributed by atoms with Crippen LogP contribution < -0.4 is 10.1 Å². The van der Waals surface area contributed by atoms with Crippen LogP contribution in [0.3, 0.4) is 0 Å². The first-order valence-electron chi connectivity index (χ1n) is 15.6. The fourth-order valence-electron chi connectivity index (χ4n) is 5.21. The third-order valence-electron chi connectivity index (χ3n) is 7.39. The molecule has 0 spiro atoms. The fraction of sp³-hybridized carbons (Fsp3) is 0.500. The molecule has 0 unspecified atom stereocenters. The van der Waals surface area contributed by atoms with E-state index in [0.29, 0.717) is 54.5 Å². The Hall–Kier alpha value is -4.81. The molecule has 47 heavy (non-hydrogen) atoms. The Labute approximate surface area is 274 Å². The van der Waals surface area contributed by atoms with Gasteiger partial charge >= 0.3 is 18.2 Å². The first-order chi connectivity index (χ1) is 21.9. The van der Waals surface area contributed by atoms with E-state index < -0.39 is 29.3 Å². The van der Waals surface area contributed by atoms with E-state index in [2.05, 4.69) is 9.88 Å². The van der Waals surface area contributed by atoms with Crippen molar-refractivity contribution in [1.29, 1.82) is 0 Å². The number of carboxylic acids is 1. The van der Waals surface area contributed by atoms with Gasteiger partial charge in [0.2, 0.25) is 0 Å². The van der Waals surface area contributed by atoms with Crippen molar-refractivity contribution in [2.45, 2.75) is 92.0 Å². The molecule has 0 saturated heterocycles. The van der Waals surface area contributed by atoms with E-state index in [1.807, 2.05) is 52.8 Å². The number of rotatable bonds is 10. The zero-order valence-electron chi connectivity index (χ0n) is 28.9. The highest BCUT2D eigenvalue weighted by Crippen LogP contribution is 2.33. The SMILES string of the molecule is COc1cc(C(=O)O)cc2nc(-c3cc4ccc([C@@H](C)NC(=O)OC(C)(C)C)nc4n3CCCCN(C)C(=O)OC(C)(C)C)c(C)n12. The maximum atomic E-state index is 12.5. The summed E-state index contributed by atoms with van der Waals surface area (Å²) >= 11 is 0. The molecule has 2 amide bonds. The molecule has 4 heterocycles. The third-order valence-corrected chi connectivity index (χ3v) is 7.39. The lowest BCUT2D eigenvalue weighted by Gasteiger charge is -2.24. The van der Waals surface area contributed by atoms with Gasteiger partial charge in [-0.05, 0) is 92.5 Å². The molecule has 4 aromatic rings. The Bertz CT molecular complexity index is 1790. The van der Waals surface area contributed by atoms with Gasteiger partial charge in [0.15, 0.2) is 5.88 Å². The van der Waals surface area contributed by atoms with Crippen LogP contribution in [0.1, 0.15) is 89.1 Å². The standard InChI is InChI=1S/C34H46N6O7/c1-20(35-31(43)46-33(3,4)5)24-14-13-22-17-25(28-21(2)40-26(37-28)18-23(30(41)42)19-27(40)45-10)39(29(22)36-24)16-12-11-15-38(9)32(44)47-34(6,7)8/h13-14,17-20H,11-12,15-16H2,1-10H3,(H,35,43)(H,41,42)/t20-/m1/s1. The average Bonchev–Trinajstić information content (AvgIpc) is 3.49. The van der Waals surface area contributed by atoms with Gasteiger partial charge in [-0.3, -0.25) is 4.40 Å². The average molecular weight is 651 g/mol. The van der Waals surface area contributed by atoms with Crippen LogP contribution >= 0.6 is 0 Å². The van der Waals surface area contributed by atoms with Crippen LogP contribution in [0.4, 0.5) is 9.59 Å². The maximum absolute atomic E-state index is 12.5. The topological polar surface area (TPSA) is 150 Å². The van der Waals surface area contributed by atoms with Crippen LogP contribution in [-0.4, -0.2) is 79.0 Å². The second kappa shape index (κ2) is 13.5. The lowest BCUT2D eigenvalue weighted by atomic mass is 10.2. The van der Waals surface area contributed by atoms with Crippen molar-refractivity contribution in [1.82, 2.24) is 29.2 Å². The molecule has 4 rings (SSSR count). The Balaban J connectivity index is 1.73. The van der Waals surface area contributed by atoms with E-state index in [0.717, 1.165) is 16.8 Å². The highest BCUT2D eigenvalue weighted by atomic mass is 16.6. The van der Waals surface area contributed by atoms with E-state index >= 15 is 0 Å². The largest absolute Gasteiger partial charge is 0.482 e. The van der Waals surface area contributed by atoms with Gasteiger partial charge in [-0.2, -0.15) is 0 Å². The Morgan fingerprint density at radius 1 is 1.00 bits per heavy atom. The molecule has 0 radical (unpaired) electrons. The van der Waals surface area contributed by atoms with Gasteiger partial charge in [-0.1, -0.05) is 0 Å². The lowest BCUT2D eigenvalue weighted by molar-refractivity contribution is 0.0295. The lowest BCUT2D eigenvalue weighted by Crippen LogP contribution is -2.34. The number of pyridine rings is 2. The van der Waals surface area contributed by atoms with Gasteiger partial charge in [-0.15, -0.1) is 0 Å². The summed E-state index contributed by atoms with van der Waals surface area (Å²) in [6.45, 7) is 15.7. The number of hydrogen-bond acceptors (Lipinski definition) is 8. The highest BCUT2D eigenvalue weighted by molar-refractivity contribution is 5.90. The molecular weight excluding hydrogens is 604 g/mol. The predicted molar refractivity (Wildman–Crippen MR) is 178 cm³/mol. The number of carboxylic acid groups (broad SMARTS) is 1. The van der Waals surface area contributed by atoms with Crippen molar-refractivity contribution >= 4 is 34.8 Å². The smallest absolute Gasteiger partial charge is 0.410 e. The van der Waals surface area contributed by atoms with Crippen molar-refractivity contribution in [3.05, 3.63) is 47.3 Å². The van der Waals surface area contributed by atoms with E-state index in [1.165, 1.54) is 19.2 Å². The molecule has 2 N–H and O–H groups in total. The summed E-state index contributed by atoms with van der Waals surface area (Å²) in [6.07, 6.45) is 0.496. The summed E-state index contributed by atoms with van der Waals surface area (Å²) in [5, 5.41) is 13.4. The summed E-state index contributed by atoms with van der Waals surface area (Å²) in [4.78, 5) is 48.2. The molecule has 0 aliphatic rings. The zero-order valence-corrected chi connectivity index (χ0v) is 28.9. The minimum atomic E-state index is -1.08. The highest BCUT2D eigenvalue weighted by Gasteiger charge is 2.24. The molecule has 0 aliphatic carbocycles. The first kappa shape index (κ1) is 35.1. The summed E-state index contributed by atoms with van der Waals surface area (Å²) in [5.74, 6) is -0.726. The number of amides is 2. The van der Waals surface area contributed by atoms with Crippen molar-refractivity contribution in [3.8, 4) is 17.3 Å². The number of nitrogens with one attached hydrogen (secondary N) is 1. The zero-order chi connectivity index (χ0) is 34.8. The van der Waals surface area contributed by atoms with Gasteiger partial charge in [0, 0.05) is 31.6 Å².